The summed E-state index contributed by atoms with van der Waals surface area (Å²) >= 11 is 0. The lowest BCUT2D eigenvalue weighted by Gasteiger charge is -2.33. The van der Waals surface area contributed by atoms with Crippen molar-refractivity contribution in [3.05, 3.63) is 35.9 Å². The number of carbonyl (C=O) groups excluding carboxylic acids is 2. The summed E-state index contributed by atoms with van der Waals surface area (Å²) in [6.45, 7) is 4.76. The normalized spacial score (nSPS) is 18.1. The molecule has 1 aliphatic heterocycles. The molecule has 1 aromatic carbocycles. The molecule has 1 aromatic rings. The second kappa shape index (κ2) is 14.8. The highest BCUT2D eigenvalue weighted by Gasteiger charge is 2.52. The van der Waals surface area contributed by atoms with Crippen LogP contribution in [0.1, 0.15) is 57.4 Å². The van der Waals surface area contributed by atoms with Crippen molar-refractivity contribution in [2.75, 3.05) is 40.3 Å². The number of hydrogen-bond donors (Lipinski definition) is 1. The van der Waals surface area contributed by atoms with E-state index in [1.165, 1.54) is 4.90 Å². The van der Waals surface area contributed by atoms with E-state index >= 15 is 0 Å². The lowest BCUT2D eigenvalue weighted by atomic mass is 9.87. The van der Waals surface area contributed by atoms with Crippen LogP contribution in [0.2, 0.25) is 0 Å². The third-order valence-electron chi connectivity index (χ3n) is 5.63. The smallest absolute Gasteiger partial charge is 0.413 e. The zero-order valence-electron chi connectivity index (χ0n) is 19.5. The summed E-state index contributed by atoms with van der Waals surface area (Å²) < 4.78 is 21.2. The number of cyclic esters (lactones) is 1. The Morgan fingerprint density at radius 3 is 2.62 bits per heavy atom. The van der Waals surface area contributed by atoms with Crippen LogP contribution in [-0.4, -0.2) is 62.8 Å². The molecule has 0 saturated carbocycles. The van der Waals surface area contributed by atoms with Gasteiger partial charge in [0.05, 0.1) is 0 Å². The third-order valence-corrected chi connectivity index (χ3v) is 5.63. The molecule has 1 amide bonds. The van der Waals surface area contributed by atoms with E-state index in [1.54, 1.807) is 7.11 Å². The Bertz CT molecular complexity index is 672. The van der Waals surface area contributed by atoms with Crippen molar-refractivity contribution in [1.82, 2.24) is 10.2 Å². The molecule has 1 atom stereocenters. The Morgan fingerprint density at radius 1 is 1.12 bits per heavy atom. The number of nitrogens with one attached hydrogen (secondary N) is 1. The average molecular weight is 451 g/mol. The van der Waals surface area contributed by atoms with Crippen LogP contribution >= 0.6 is 0 Å². The van der Waals surface area contributed by atoms with Crippen LogP contribution in [-0.2, 0) is 30.3 Å². The van der Waals surface area contributed by atoms with Gasteiger partial charge in [0, 0.05) is 13.7 Å². The third kappa shape index (κ3) is 8.07. The molecule has 1 N–H and O–H groups in total. The Morgan fingerprint density at radius 2 is 1.88 bits per heavy atom. The van der Waals surface area contributed by atoms with Crippen LogP contribution in [0.25, 0.3) is 0 Å². The summed E-state index contributed by atoms with van der Waals surface area (Å²) in [4.78, 5) is 27.2. The topological polar surface area (TPSA) is 86.3 Å². The summed E-state index contributed by atoms with van der Waals surface area (Å²) in [5.41, 5.74) is -0.128. The van der Waals surface area contributed by atoms with Gasteiger partial charge in [-0.1, -0.05) is 43.7 Å². The molecule has 1 unspecified atom stereocenters. The van der Waals surface area contributed by atoms with E-state index in [2.05, 4.69) is 12.2 Å². The van der Waals surface area contributed by atoms with Crippen LogP contribution in [0.4, 0.5) is 4.79 Å². The van der Waals surface area contributed by atoms with Gasteiger partial charge >= 0.3 is 12.1 Å². The van der Waals surface area contributed by atoms with E-state index in [9.17, 15) is 9.59 Å². The molecule has 1 saturated heterocycles. The second-order valence-electron chi connectivity index (χ2n) is 8.04. The van der Waals surface area contributed by atoms with Gasteiger partial charge in [0.25, 0.3) is 0 Å². The van der Waals surface area contributed by atoms with Crippen molar-refractivity contribution < 1.29 is 28.5 Å². The first-order valence-corrected chi connectivity index (χ1v) is 11.6. The van der Waals surface area contributed by atoms with Crippen molar-refractivity contribution in [3.8, 4) is 0 Å². The minimum atomic E-state index is -1.02. The maximum absolute atomic E-state index is 12.9. The van der Waals surface area contributed by atoms with Crippen molar-refractivity contribution in [2.24, 2.45) is 0 Å². The minimum absolute atomic E-state index is 0.0832. The minimum Gasteiger partial charge on any atom is -0.444 e. The number of rotatable bonds is 16. The summed E-state index contributed by atoms with van der Waals surface area (Å²) in [7, 11) is 1.56. The number of methoxy groups -OCH3 is 1. The quantitative estimate of drug-likeness (QED) is 0.233. The van der Waals surface area contributed by atoms with Crippen molar-refractivity contribution in [3.63, 3.8) is 0 Å². The molecule has 0 aliphatic carbocycles. The van der Waals surface area contributed by atoms with Gasteiger partial charge < -0.3 is 24.3 Å². The number of hydrogen-bond acceptors (Lipinski definition) is 7. The van der Waals surface area contributed by atoms with Gasteiger partial charge in [-0.05, 0) is 57.2 Å². The van der Waals surface area contributed by atoms with E-state index in [0.717, 1.165) is 44.3 Å². The van der Waals surface area contributed by atoms with Gasteiger partial charge in [-0.3, -0.25) is 4.90 Å². The van der Waals surface area contributed by atoms with Crippen LogP contribution in [0, 0.1) is 0 Å². The van der Waals surface area contributed by atoms with Crippen LogP contribution < -0.4 is 5.32 Å². The number of ether oxygens (including phenoxy) is 4. The fourth-order valence-electron chi connectivity index (χ4n) is 3.82. The van der Waals surface area contributed by atoms with Gasteiger partial charge in [0.2, 0.25) is 0 Å². The molecule has 1 aliphatic rings. The molecule has 0 bridgehead atoms. The van der Waals surface area contributed by atoms with E-state index in [4.69, 9.17) is 18.9 Å². The fourth-order valence-corrected chi connectivity index (χ4v) is 3.82. The Kier molecular flexibility index (Phi) is 12.1. The van der Waals surface area contributed by atoms with Crippen LogP contribution in [0.3, 0.4) is 0 Å². The molecule has 32 heavy (non-hydrogen) atoms. The van der Waals surface area contributed by atoms with Gasteiger partial charge in [-0.25, -0.2) is 9.59 Å². The van der Waals surface area contributed by atoms with Gasteiger partial charge in [0.1, 0.15) is 18.9 Å². The molecule has 8 nitrogen and oxygen atoms in total. The number of carbonyl (C=O) groups is 2. The first-order valence-electron chi connectivity index (χ1n) is 11.6. The standard InChI is InChI=1S/C24H38N2O6/c1-3-4-15-25-16-9-8-13-24(14-10-17-30-20-29-2)22(27)32-19-26(24)23(28)31-18-21-11-6-5-7-12-21/h5-7,11-12,25H,3-4,8-10,13-20H2,1-2H3. The van der Waals surface area contributed by atoms with Crippen LogP contribution in [0.15, 0.2) is 30.3 Å². The molecular formula is C24H38N2O6. The van der Waals surface area contributed by atoms with E-state index in [-0.39, 0.29) is 26.1 Å². The van der Waals surface area contributed by atoms with Crippen molar-refractivity contribution >= 4 is 12.1 Å². The molecule has 1 fully saturated rings. The Balaban J connectivity index is 1.97. The Labute approximate surface area is 191 Å². The molecule has 0 radical (unpaired) electrons. The van der Waals surface area contributed by atoms with E-state index < -0.39 is 11.6 Å². The summed E-state index contributed by atoms with van der Waals surface area (Å²) in [5.74, 6) is -0.361. The van der Waals surface area contributed by atoms with E-state index in [1.807, 2.05) is 30.3 Å². The number of esters is 1. The predicted octanol–water partition coefficient (Wildman–Crippen LogP) is 3.84. The van der Waals surface area contributed by atoms with Gasteiger partial charge in [-0.15, -0.1) is 0 Å². The molecule has 0 spiro atoms. The summed E-state index contributed by atoms with van der Waals surface area (Å²) in [5, 5.41) is 3.42. The maximum atomic E-state index is 12.9. The van der Waals surface area contributed by atoms with Crippen LogP contribution in [0.5, 0.6) is 0 Å². The largest absolute Gasteiger partial charge is 0.444 e. The lowest BCUT2D eigenvalue weighted by molar-refractivity contribution is -0.143. The number of amides is 1. The highest BCUT2D eigenvalue weighted by atomic mass is 16.7. The van der Waals surface area contributed by atoms with E-state index in [0.29, 0.717) is 25.9 Å². The van der Waals surface area contributed by atoms with Gasteiger partial charge in [0.15, 0.2) is 6.73 Å². The summed E-state index contributed by atoms with van der Waals surface area (Å²) in [6.07, 6.45) is 5.10. The molecule has 1 heterocycles. The first kappa shape index (κ1) is 26.1. The highest BCUT2D eigenvalue weighted by molar-refractivity contribution is 5.88. The lowest BCUT2D eigenvalue weighted by Crippen LogP contribution is -2.51. The monoisotopic (exact) mass is 450 g/mol. The Hall–Kier alpha value is -2.16. The predicted molar refractivity (Wildman–Crippen MR) is 121 cm³/mol. The fraction of sp³-hybridized carbons (Fsp3) is 0.667. The summed E-state index contributed by atoms with van der Waals surface area (Å²) in [6, 6.07) is 9.48. The maximum Gasteiger partial charge on any atom is 0.413 e. The van der Waals surface area contributed by atoms with Crippen molar-refractivity contribution in [1.29, 1.82) is 0 Å². The van der Waals surface area contributed by atoms with Gasteiger partial charge in [-0.2, -0.15) is 0 Å². The molecule has 2 rings (SSSR count). The molecule has 0 aromatic heterocycles. The van der Waals surface area contributed by atoms with Crippen molar-refractivity contribution in [2.45, 2.75) is 64.0 Å². The SMILES string of the molecule is CCCCNCCCCC1(CCCOCOC)C(=O)OCN1C(=O)OCc1ccccc1. The zero-order chi connectivity index (χ0) is 23.1. The average Bonchev–Trinajstić information content (AvgIpc) is 3.13. The second-order valence-corrected chi connectivity index (χ2v) is 8.04. The first-order chi connectivity index (χ1) is 15.6. The number of unbranched alkanes of at least 4 members (excludes halogenated alkanes) is 2. The number of nitrogens with zero attached hydrogens (tertiary/aromatic N) is 1. The molecular weight excluding hydrogens is 412 g/mol. The number of benzene rings is 1. The highest BCUT2D eigenvalue weighted by Crippen LogP contribution is 2.35. The molecule has 180 valence electrons. The molecule has 8 heteroatoms. The zero-order valence-corrected chi connectivity index (χ0v) is 19.5.